The second-order valence-electron chi connectivity index (χ2n) is 6.32. The predicted molar refractivity (Wildman–Crippen MR) is 122 cm³/mol. The lowest BCUT2D eigenvalue weighted by atomic mass is 10.4. The van der Waals surface area contributed by atoms with Gasteiger partial charge in [0.25, 0.3) is 0 Å². The van der Waals surface area contributed by atoms with Crippen LogP contribution in [0.1, 0.15) is 22.4 Å². The lowest BCUT2D eigenvalue weighted by Gasteiger charge is -2.35. The van der Waals surface area contributed by atoms with E-state index in [0.717, 1.165) is 12.5 Å². The summed E-state index contributed by atoms with van der Waals surface area (Å²) in [6.45, 7) is 7.59. The molecular formula is C17H26IN5O3S2. The zero-order chi connectivity index (χ0) is 19.3. The molecule has 0 aliphatic carbocycles. The minimum absolute atomic E-state index is 0. The molecule has 11 heteroatoms. The summed E-state index contributed by atoms with van der Waals surface area (Å²) in [6.07, 6.45) is 1.39. The maximum atomic E-state index is 12.5. The third-order valence-electron chi connectivity index (χ3n) is 4.27. The highest BCUT2D eigenvalue weighted by atomic mass is 127. The molecule has 0 saturated carbocycles. The third kappa shape index (κ3) is 6.16. The Labute approximate surface area is 187 Å². The van der Waals surface area contributed by atoms with Gasteiger partial charge in [0, 0.05) is 48.5 Å². The number of thiophene rings is 1. The summed E-state index contributed by atoms with van der Waals surface area (Å²) < 4.78 is 31.3. The Balaban J connectivity index is 0.00000280. The first-order chi connectivity index (χ1) is 13.0. The second-order valence-corrected chi connectivity index (χ2v) is 9.66. The lowest BCUT2D eigenvalue weighted by molar-refractivity contribution is 0.259. The molecule has 1 aliphatic heterocycles. The molecule has 156 valence electrons. The molecule has 0 atom stereocenters. The van der Waals surface area contributed by atoms with Crippen LogP contribution in [0.5, 0.6) is 0 Å². The largest absolute Gasteiger partial charge is 0.364 e. The number of guanidine groups is 1. The first-order valence-corrected chi connectivity index (χ1v) is 11.4. The van der Waals surface area contributed by atoms with Crippen LogP contribution in [0, 0.1) is 6.92 Å². The van der Waals surface area contributed by atoms with E-state index in [1.807, 2.05) is 6.92 Å². The second kappa shape index (κ2) is 10.6. The smallest absolute Gasteiger partial charge is 0.220 e. The number of sulfonamides is 1. The average molecular weight is 539 g/mol. The fraction of sp³-hybridized carbons (Fsp3) is 0.529. The number of aromatic nitrogens is 1. The highest BCUT2D eigenvalue weighted by Crippen LogP contribution is 2.17. The molecule has 0 radical (unpaired) electrons. The van der Waals surface area contributed by atoms with Crippen LogP contribution in [0.3, 0.4) is 0 Å². The van der Waals surface area contributed by atoms with Gasteiger partial charge in [0.05, 0.1) is 12.2 Å². The van der Waals surface area contributed by atoms with Crippen molar-refractivity contribution in [3.05, 3.63) is 39.9 Å². The molecule has 2 aromatic heterocycles. The summed E-state index contributed by atoms with van der Waals surface area (Å²) in [7, 11) is -3.39. The van der Waals surface area contributed by atoms with Crippen molar-refractivity contribution in [2.75, 3.05) is 32.7 Å². The number of hydrogen-bond acceptors (Lipinski definition) is 6. The van der Waals surface area contributed by atoms with Crippen LogP contribution >= 0.6 is 35.3 Å². The van der Waals surface area contributed by atoms with E-state index in [1.54, 1.807) is 17.4 Å². The maximum absolute atomic E-state index is 12.5. The molecule has 3 heterocycles. The fourth-order valence-corrected chi connectivity index (χ4v) is 5.16. The molecule has 1 N–H and O–H groups in total. The number of nitrogens with zero attached hydrogens (tertiary/aromatic N) is 4. The van der Waals surface area contributed by atoms with Crippen LogP contribution in [0.15, 0.2) is 34.0 Å². The van der Waals surface area contributed by atoms with Gasteiger partial charge in [-0.25, -0.2) is 13.4 Å². The van der Waals surface area contributed by atoms with Gasteiger partial charge in [-0.1, -0.05) is 5.16 Å². The first-order valence-electron chi connectivity index (χ1n) is 8.93. The number of hydrogen-bond donors (Lipinski definition) is 1. The van der Waals surface area contributed by atoms with Crippen molar-refractivity contribution in [1.29, 1.82) is 0 Å². The van der Waals surface area contributed by atoms with Gasteiger partial charge in [0.15, 0.2) is 5.96 Å². The van der Waals surface area contributed by atoms with Gasteiger partial charge in [-0.05, 0) is 26.0 Å². The van der Waals surface area contributed by atoms with Crippen molar-refractivity contribution in [1.82, 2.24) is 19.7 Å². The number of aliphatic imine (C=N–C) groups is 1. The van der Waals surface area contributed by atoms with Crippen molar-refractivity contribution in [3.8, 4) is 0 Å². The third-order valence-corrected chi connectivity index (χ3v) is 7.07. The van der Waals surface area contributed by atoms with E-state index in [-0.39, 0.29) is 29.7 Å². The van der Waals surface area contributed by atoms with Crippen LogP contribution < -0.4 is 5.32 Å². The van der Waals surface area contributed by atoms with Crippen molar-refractivity contribution >= 4 is 51.3 Å². The molecule has 3 rings (SSSR count). The quantitative estimate of drug-likeness (QED) is 0.344. The summed E-state index contributed by atoms with van der Waals surface area (Å²) in [4.78, 5) is 9.33. The van der Waals surface area contributed by atoms with E-state index in [9.17, 15) is 8.42 Å². The molecule has 0 amide bonds. The van der Waals surface area contributed by atoms with Gasteiger partial charge < -0.3 is 14.7 Å². The van der Waals surface area contributed by atoms with E-state index in [4.69, 9.17) is 9.52 Å². The summed E-state index contributed by atoms with van der Waals surface area (Å²) in [5.41, 5.74) is 0.429. The minimum atomic E-state index is -3.39. The van der Waals surface area contributed by atoms with Gasteiger partial charge in [0.2, 0.25) is 10.0 Å². The highest BCUT2D eigenvalue weighted by Gasteiger charge is 2.28. The molecule has 0 aromatic carbocycles. The molecule has 1 saturated heterocycles. The summed E-state index contributed by atoms with van der Waals surface area (Å²) >= 11 is 1.75. The molecule has 2 aromatic rings. The Bertz CT molecular complexity index is 859. The molecule has 0 bridgehead atoms. The first kappa shape index (κ1) is 23.1. The topological polar surface area (TPSA) is 91.0 Å². The number of nitrogens with one attached hydrogen (secondary N) is 1. The highest BCUT2D eigenvalue weighted by molar-refractivity contribution is 14.0. The molecule has 8 nitrogen and oxygen atoms in total. The maximum Gasteiger partial charge on any atom is 0.220 e. The van der Waals surface area contributed by atoms with Crippen LogP contribution in [0.4, 0.5) is 0 Å². The summed E-state index contributed by atoms with van der Waals surface area (Å²) in [5.74, 6) is 0.701. The van der Waals surface area contributed by atoms with E-state index in [2.05, 4.69) is 34.4 Å². The van der Waals surface area contributed by atoms with Crippen LogP contribution in [0.25, 0.3) is 0 Å². The molecule has 0 unspecified atom stereocenters. The van der Waals surface area contributed by atoms with E-state index in [0.29, 0.717) is 38.4 Å². The van der Waals surface area contributed by atoms with Crippen LogP contribution in [-0.2, 0) is 22.3 Å². The number of rotatable bonds is 6. The normalized spacial score (nSPS) is 16.1. The monoisotopic (exact) mass is 539 g/mol. The van der Waals surface area contributed by atoms with Crippen molar-refractivity contribution in [3.63, 3.8) is 0 Å². The summed E-state index contributed by atoms with van der Waals surface area (Å²) in [6, 6.07) is 5.78. The number of piperazine rings is 1. The fourth-order valence-electron chi connectivity index (χ4n) is 2.92. The zero-order valence-corrected chi connectivity index (χ0v) is 20.0. The molecule has 0 spiro atoms. The summed E-state index contributed by atoms with van der Waals surface area (Å²) in [5, 5.41) is 7.01. The van der Waals surface area contributed by atoms with Crippen LogP contribution in [-0.4, -0.2) is 61.5 Å². The van der Waals surface area contributed by atoms with Crippen molar-refractivity contribution in [2.45, 2.75) is 26.1 Å². The van der Waals surface area contributed by atoms with Gasteiger partial charge in [-0.2, -0.15) is 4.31 Å². The standard InChI is InChI=1S/C17H25N5O3S2.HI/c1-3-18-17(19-12-16-5-4-14(2)26-16)21-7-9-22(10-8-21)27(23,24)13-15-6-11-25-20-15;/h4-6,11H,3,7-10,12-13H2,1-2H3,(H,18,19);1H. The molecular weight excluding hydrogens is 513 g/mol. The van der Waals surface area contributed by atoms with E-state index >= 15 is 0 Å². The zero-order valence-electron chi connectivity index (χ0n) is 16.0. The SMILES string of the molecule is CCNC(=NCc1ccc(C)s1)N1CCN(S(=O)(=O)Cc2ccon2)CC1.I. The Morgan fingerprint density at radius 2 is 2.04 bits per heavy atom. The Hall–Kier alpha value is -1.18. The Morgan fingerprint density at radius 1 is 1.29 bits per heavy atom. The van der Waals surface area contributed by atoms with Crippen molar-refractivity contribution in [2.24, 2.45) is 4.99 Å². The van der Waals surface area contributed by atoms with Gasteiger partial charge in [-0.3, -0.25) is 0 Å². The lowest BCUT2D eigenvalue weighted by Crippen LogP contribution is -2.53. The van der Waals surface area contributed by atoms with Gasteiger partial charge in [-0.15, -0.1) is 35.3 Å². The number of aryl methyl sites for hydroxylation is 1. The molecule has 28 heavy (non-hydrogen) atoms. The van der Waals surface area contributed by atoms with Gasteiger partial charge in [0.1, 0.15) is 12.0 Å². The molecule has 1 aliphatic rings. The average Bonchev–Trinajstić information content (AvgIpc) is 3.30. The van der Waals surface area contributed by atoms with Gasteiger partial charge >= 0.3 is 0 Å². The van der Waals surface area contributed by atoms with Crippen LogP contribution in [0.2, 0.25) is 0 Å². The van der Waals surface area contributed by atoms with Crippen molar-refractivity contribution < 1.29 is 12.9 Å². The Morgan fingerprint density at radius 3 is 2.61 bits per heavy atom. The minimum Gasteiger partial charge on any atom is -0.364 e. The predicted octanol–water partition coefficient (Wildman–Crippen LogP) is 2.28. The number of halogens is 1. The van der Waals surface area contributed by atoms with E-state index in [1.165, 1.54) is 20.3 Å². The molecule has 1 fully saturated rings. The van der Waals surface area contributed by atoms with E-state index < -0.39 is 10.0 Å². The Kier molecular flexibility index (Phi) is 8.71.